The van der Waals surface area contributed by atoms with E-state index in [4.69, 9.17) is 0 Å². The fraction of sp³-hybridized carbons (Fsp3) is 0.571. The van der Waals surface area contributed by atoms with Crippen molar-refractivity contribution in [1.29, 1.82) is 0 Å². The van der Waals surface area contributed by atoms with Crippen molar-refractivity contribution in [2.24, 2.45) is 0 Å². The number of aryl methyl sites for hydroxylation is 1. The molecule has 1 nitrogen and oxygen atoms in total. The average Bonchev–Trinajstić information content (AvgIpc) is 2.36. The molecule has 0 radical (unpaired) electrons. The summed E-state index contributed by atoms with van der Waals surface area (Å²) in [5.41, 5.74) is 1.33. The lowest BCUT2D eigenvalue weighted by Gasteiger charge is -2.17. The normalized spacial score (nSPS) is 11.1. The third kappa shape index (κ3) is 6.39. The Labute approximate surface area is 114 Å². The zero-order chi connectivity index (χ0) is 12.5. The fourth-order valence-electron chi connectivity index (χ4n) is 1.59. The molecule has 0 unspecified atom stereocenters. The average molecular weight is 269 g/mol. The van der Waals surface area contributed by atoms with Gasteiger partial charge in [-0.15, -0.1) is 0 Å². The van der Waals surface area contributed by atoms with Gasteiger partial charge >= 0.3 is 0 Å². The third-order valence-corrected chi connectivity index (χ3v) is 5.24. The summed E-state index contributed by atoms with van der Waals surface area (Å²) in [4.78, 5) is 3.85. The Bertz CT molecular complexity index is 294. The molecular formula is C14H23NS2. The first-order chi connectivity index (χ1) is 8.26. The van der Waals surface area contributed by atoms with E-state index in [2.05, 4.69) is 49.9 Å². The van der Waals surface area contributed by atoms with Gasteiger partial charge in [0.15, 0.2) is 0 Å². The van der Waals surface area contributed by atoms with Gasteiger partial charge in [-0.1, -0.05) is 53.1 Å². The van der Waals surface area contributed by atoms with Gasteiger partial charge in [0.05, 0.1) is 0 Å². The Kier molecular flexibility index (Phi) is 7.82. The molecule has 0 aliphatic heterocycles. The van der Waals surface area contributed by atoms with Crippen LogP contribution in [0.25, 0.3) is 0 Å². The molecule has 0 amide bonds. The topological polar surface area (TPSA) is 3.24 Å². The summed E-state index contributed by atoms with van der Waals surface area (Å²) in [6.45, 7) is 10.2. The summed E-state index contributed by atoms with van der Waals surface area (Å²) in [5.74, 6) is 1.23. The molecule has 0 atom stereocenters. The molecule has 1 rings (SSSR count). The van der Waals surface area contributed by atoms with Crippen molar-refractivity contribution >= 4 is 21.6 Å². The first-order valence-corrected chi connectivity index (χ1v) is 8.66. The highest BCUT2D eigenvalue weighted by molar-refractivity contribution is 8.76. The zero-order valence-electron chi connectivity index (χ0n) is 11.1. The summed E-state index contributed by atoms with van der Waals surface area (Å²) in [5, 5.41) is 0. The summed E-state index contributed by atoms with van der Waals surface area (Å²) >= 11 is 0. The second-order valence-electron chi connectivity index (χ2n) is 4.10. The Balaban J connectivity index is 2.10. The number of hydrogen-bond donors (Lipinski definition) is 0. The summed E-state index contributed by atoms with van der Waals surface area (Å²) in [6, 6.07) is 8.77. The number of nitrogens with zero attached hydrogens (tertiary/aromatic N) is 1. The monoisotopic (exact) mass is 269 g/mol. The van der Waals surface area contributed by atoms with Crippen LogP contribution < -0.4 is 0 Å². The predicted octanol–water partition coefficient (Wildman–Crippen LogP) is 4.47. The molecule has 0 bridgehead atoms. The molecule has 0 fully saturated rings. The van der Waals surface area contributed by atoms with Crippen LogP contribution in [0.1, 0.15) is 25.8 Å². The molecule has 0 saturated carbocycles. The molecule has 0 N–H and O–H groups in total. The van der Waals surface area contributed by atoms with Crippen LogP contribution in [0.4, 0.5) is 0 Å². The van der Waals surface area contributed by atoms with E-state index in [0.29, 0.717) is 0 Å². The minimum absolute atomic E-state index is 1.17. The van der Waals surface area contributed by atoms with Gasteiger partial charge in [0.1, 0.15) is 0 Å². The second kappa shape index (κ2) is 8.90. The van der Waals surface area contributed by atoms with Crippen molar-refractivity contribution in [3.05, 3.63) is 29.8 Å². The number of hydrogen-bond acceptors (Lipinski definition) is 3. The molecule has 0 saturated heterocycles. The van der Waals surface area contributed by atoms with Crippen LogP contribution >= 0.6 is 21.6 Å². The van der Waals surface area contributed by atoms with E-state index in [1.54, 1.807) is 0 Å². The Morgan fingerprint density at radius 1 is 1.06 bits per heavy atom. The Morgan fingerprint density at radius 2 is 1.71 bits per heavy atom. The van der Waals surface area contributed by atoms with Gasteiger partial charge in [0.25, 0.3) is 0 Å². The Morgan fingerprint density at radius 3 is 2.29 bits per heavy atom. The van der Waals surface area contributed by atoms with Gasteiger partial charge in [0.2, 0.25) is 0 Å². The lowest BCUT2D eigenvalue weighted by atomic mass is 10.2. The highest BCUT2D eigenvalue weighted by Gasteiger charge is 1.99. The van der Waals surface area contributed by atoms with E-state index in [0.717, 1.165) is 0 Å². The first kappa shape index (κ1) is 14.9. The highest BCUT2D eigenvalue weighted by Crippen LogP contribution is 2.31. The van der Waals surface area contributed by atoms with Crippen molar-refractivity contribution in [2.45, 2.75) is 32.1 Å². The molecule has 1 aromatic carbocycles. The van der Waals surface area contributed by atoms with E-state index in [1.165, 1.54) is 42.3 Å². The number of rotatable bonds is 8. The van der Waals surface area contributed by atoms with E-state index in [9.17, 15) is 0 Å². The van der Waals surface area contributed by atoms with Crippen LogP contribution in [-0.4, -0.2) is 30.3 Å². The highest BCUT2D eigenvalue weighted by atomic mass is 33.1. The molecule has 3 heteroatoms. The van der Waals surface area contributed by atoms with Crippen LogP contribution in [-0.2, 0) is 0 Å². The third-order valence-electron chi connectivity index (χ3n) is 2.77. The quantitative estimate of drug-likeness (QED) is 0.506. The molecule has 0 spiro atoms. The molecule has 1 aromatic rings. The molecule has 96 valence electrons. The summed E-state index contributed by atoms with van der Waals surface area (Å²) < 4.78 is 0. The smallest absolute Gasteiger partial charge is 0.0182 e. The maximum Gasteiger partial charge on any atom is 0.0182 e. The molecule has 0 aliphatic rings. The molecular weight excluding hydrogens is 246 g/mol. The lowest BCUT2D eigenvalue weighted by Crippen LogP contribution is -2.24. The van der Waals surface area contributed by atoms with Crippen molar-refractivity contribution in [1.82, 2.24) is 4.90 Å². The lowest BCUT2D eigenvalue weighted by molar-refractivity contribution is 0.305. The van der Waals surface area contributed by atoms with E-state index in [1.807, 2.05) is 21.6 Å². The minimum Gasteiger partial charge on any atom is -0.304 e. The summed E-state index contributed by atoms with van der Waals surface area (Å²) in [6.07, 6.45) is 1.28. The van der Waals surface area contributed by atoms with Crippen molar-refractivity contribution in [3.8, 4) is 0 Å². The summed E-state index contributed by atoms with van der Waals surface area (Å²) in [7, 11) is 3.86. The largest absolute Gasteiger partial charge is 0.304 e. The van der Waals surface area contributed by atoms with Crippen LogP contribution in [0, 0.1) is 6.92 Å². The van der Waals surface area contributed by atoms with Gasteiger partial charge in [-0.3, -0.25) is 0 Å². The maximum absolute atomic E-state index is 2.48. The van der Waals surface area contributed by atoms with Gasteiger partial charge in [-0.2, -0.15) is 0 Å². The number of benzene rings is 1. The second-order valence-corrected chi connectivity index (χ2v) is 6.59. The van der Waals surface area contributed by atoms with E-state index in [-0.39, 0.29) is 0 Å². The minimum atomic E-state index is 1.17. The zero-order valence-corrected chi connectivity index (χ0v) is 12.7. The molecule has 0 aromatic heterocycles. The molecule has 17 heavy (non-hydrogen) atoms. The van der Waals surface area contributed by atoms with E-state index < -0.39 is 0 Å². The molecule has 0 heterocycles. The van der Waals surface area contributed by atoms with Gasteiger partial charge in [0, 0.05) is 10.6 Å². The SMILES string of the molecule is CCN(CC)CCCSSc1ccc(C)cc1. The predicted molar refractivity (Wildman–Crippen MR) is 81.9 cm³/mol. The van der Waals surface area contributed by atoms with Crippen LogP contribution in [0.5, 0.6) is 0 Å². The van der Waals surface area contributed by atoms with Gasteiger partial charge < -0.3 is 4.90 Å². The van der Waals surface area contributed by atoms with Gasteiger partial charge in [-0.05, 0) is 45.1 Å². The molecule has 0 aliphatic carbocycles. The standard InChI is InChI=1S/C14H23NS2/c1-4-15(5-2)11-6-12-16-17-14-9-7-13(3)8-10-14/h7-10H,4-6,11-12H2,1-3H3. The Hall–Kier alpha value is -0.120. The van der Waals surface area contributed by atoms with E-state index >= 15 is 0 Å². The van der Waals surface area contributed by atoms with Crippen LogP contribution in [0.3, 0.4) is 0 Å². The van der Waals surface area contributed by atoms with Crippen molar-refractivity contribution in [3.63, 3.8) is 0 Å². The van der Waals surface area contributed by atoms with Gasteiger partial charge in [-0.25, -0.2) is 0 Å². The van der Waals surface area contributed by atoms with Crippen LogP contribution in [0.2, 0.25) is 0 Å². The maximum atomic E-state index is 2.48. The van der Waals surface area contributed by atoms with Crippen molar-refractivity contribution in [2.75, 3.05) is 25.4 Å². The van der Waals surface area contributed by atoms with Crippen LogP contribution in [0.15, 0.2) is 29.2 Å². The first-order valence-electron chi connectivity index (χ1n) is 6.34. The fourth-order valence-corrected chi connectivity index (χ4v) is 3.65. The van der Waals surface area contributed by atoms with Crippen molar-refractivity contribution < 1.29 is 0 Å².